The molecule has 0 radical (unpaired) electrons. The number of nitrogens with one attached hydrogen (secondary N) is 1. The van der Waals surface area contributed by atoms with Gasteiger partial charge in [-0.25, -0.2) is 0 Å². The van der Waals surface area contributed by atoms with Crippen LogP contribution in [0.3, 0.4) is 0 Å². The summed E-state index contributed by atoms with van der Waals surface area (Å²) in [6, 6.07) is 5.09. The van der Waals surface area contributed by atoms with Crippen molar-refractivity contribution in [3.63, 3.8) is 0 Å². The second-order valence-corrected chi connectivity index (χ2v) is 3.93. The standard InChI is InChI=1S/C11H11ClN2O2/c1-13-5-6-14-8-4-2-3-7(12)9(8)10(15)11(14)16/h2-4,13H,5-6H2,1H3. The fourth-order valence-corrected chi connectivity index (χ4v) is 2.00. The summed E-state index contributed by atoms with van der Waals surface area (Å²) in [5, 5.41) is 3.27. The molecule has 2 rings (SSSR count). The molecule has 16 heavy (non-hydrogen) atoms. The third-order valence-electron chi connectivity index (χ3n) is 2.53. The van der Waals surface area contributed by atoms with Crippen LogP contribution in [0.1, 0.15) is 10.4 Å². The van der Waals surface area contributed by atoms with Crippen LogP contribution >= 0.6 is 11.6 Å². The molecule has 1 N–H and O–H groups in total. The first-order valence-corrected chi connectivity index (χ1v) is 5.34. The van der Waals surface area contributed by atoms with E-state index in [9.17, 15) is 9.59 Å². The first-order valence-electron chi connectivity index (χ1n) is 4.96. The van der Waals surface area contributed by atoms with Crippen molar-refractivity contribution in [3.05, 3.63) is 28.8 Å². The molecule has 84 valence electrons. The van der Waals surface area contributed by atoms with Crippen molar-refractivity contribution >= 4 is 29.0 Å². The lowest BCUT2D eigenvalue weighted by molar-refractivity contribution is -0.114. The molecule has 0 saturated heterocycles. The van der Waals surface area contributed by atoms with E-state index in [2.05, 4.69) is 5.32 Å². The predicted octanol–water partition coefficient (Wildman–Crippen LogP) is 1.09. The molecule has 1 aromatic carbocycles. The number of benzene rings is 1. The number of hydrogen-bond donors (Lipinski definition) is 1. The number of amides is 1. The Morgan fingerprint density at radius 3 is 2.81 bits per heavy atom. The van der Waals surface area contributed by atoms with E-state index in [-0.39, 0.29) is 0 Å². The molecule has 1 aliphatic heterocycles. The third-order valence-corrected chi connectivity index (χ3v) is 2.85. The smallest absolute Gasteiger partial charge is 0.299 e. The van der Waals surface area contributed by atoms with Crippen LogP contribution in [0.2, 0.25) is 5.02 Å². The summed E-state index contributed by atoms with van der Waals surface area (Å²) in [5.41, 5.74) is 0.933. The summed E-state index contributed by atoms with van der Waals surface area (Å²) in [4.78, 5) is 24.9. The van der Waals surface area contributed by atoms with Gasteiger partial charge >= 0.3 is 0 Å². The fourth-order valence-electron chi connectivity index (χ4n) is 1.75. The summed E-state index contributed by atoms with van der Waals surface area (Å²) in [7, 11) is 1.79. The highest BCUT2D eigenvalue weighted by Crippen LogP contribution is 2.33. The van der Waals surface area contributed by atoms with Gasteiger partial charge in [0.1, 0.15) is 0 Å². The highest BCUT2D eigenvalue weighted by atomic mass is 35.5. The number of carbonyl (C=O) groups is 2. The zero-order valence-corrected chi connectivity index (χ0v) is 9.54. The van der Waals surface area contributed by atoms with Crippen LogP contribution in [0.15, 0.2) is 18.2 Å². The molecule has 1 aromatic rings. The molecule has 0 unspecified atom stereocenters. The summed E-state index contributed by atoms with van der Waals surface area (Å²) in [5.74, 6) is -1.02. The lowest BCUT2D eigenvalue weighted by atomic mass is 10.1. The Labute approximate surface area is 98.2 Å². The van der Waals surface area contributed by atoms with Gasteiger partial charge in [0.2, 0.25) is 0 Å². The van der Waals surface area contributed by atoms with E-state index in [0.717, 1.165) is 0 Å². The Bertz CT molecular complexity index is 459. The Morgan fingerprint density at radius 2 is 2.12 bits per heavy atom. The summed E-state index contributed by atoms with van der Waals surface area (Å²) < 4.78 is 0. The van der Waals surface area contributed by atoms with Crippen LogP contribution in [0, 0.1) is 0 Å². The highest BCUT2D eigenvalue weighted by Gasteiger charge is 2.36. The molecule has 1 amide bonds. The van der Waals surface area contributed by atoms with E-state index in [1.807, 2.05) is 0 Å². The number of nitrogens with zero attached hydrogens (tertiary/aromatic N) is 1. The molecule has 4 nitrogen and oxygen atoms in total. The van der Waals surface area contributed by atoms with Crippen molar-refractivity contribution in [3.8, 4) is 0 Å². The van der Waals surface area contributed by atoms with Crippen LogP contribution in [-0.4, -0.2) is 31.8 Å². The van der Waals surface area contributed by atoms with Crippen molar-refractivity contribution in [2.45, 2.75) is 0 Å². The van der Waals surface area contributed by atoms with E-state index in [1.54, 1.807) is 25.2 Å². The van der Waals surface area contributed by atoms with Crippen molar-refractivity contribution < 1.29 is 9.59 Å². The summed E-state index contributed by atoms with van der Waals surface area (Å²) in [6.07, 6.45) is 0. The van der Waals surface area contributed by atoms with Gasteiger partial charge in [0.05, 0.1) is 16.3 Å². The lowest BCUT2D eigenvalue weighted by Gasteiger charge is -2.15. The average Bonchev–Trinajstić information content (AvgIpc) is 2.51. The highest BCUT2D eigenvalue weighted by molar-refractivity contribution is 6.55. The third kappa shape index (κ3) is 1.60. The summed E-state index contributed by atoms with van der Waals surface area (Å²) >= 11 is 5.91. The van der Waals surface area contributed by atoms with Crippen LogP contribution in [-0.2, 0) is 4.79 Å². The molecule has 1 heterocycles. The van der Waals surface area contributed by atoms with Crippen LogP contribution in [0.25, 0.3) is 0 Å². The van der Waals surface area contributed by atoms with Crippen molar-refractivity contribution in [1.82, 2.24) is 5.32 Å². The van der Waals surface area contributed by atoms with E-state index in [1.165, 1.54) is 4.90 Å². The monoisotopic (exact) mass is 238 g/mol. The van der Waals surface area contributed by atoms with Gasteiger partial charge in [0.15, 0.2) is 0 Å². The molecule has 1 aliphatic rings. The van der Waals surface area contributed by atoms with Gasteiger partial charge in [-0.2, -0.15) is 0 Å². The molecule has 0 spiro atoms. The summed E-state index contributed by atoms with van der Waals surface area (Å²) in [6.45, 7) is 1.10. The van der Waals surface area contributed by atoms with Gasteiger partial charge in [-0.1, -0.05) is 17.7 Å². The van der Waals surface area contributed by atoms with Gasteiger partial charge in [-0.15, -0.1) is 0 Å². The number of ketones is 1. The maximum atomic E-state index is 11.7. The fraction of sp³-hybridized carbons (Fsp3) is 0.273. The molecule has 0 bridgehead atoms. The number of rotatable bonds is 3. The zero-order chi connectivity index (χ0) is 11.7. The Balaban J connectivity index is 2.42. The number of halogens is 1. The molecule has 0 aromatic heterocycles. The number of anilines is 1. The van der Waals surface area contributed by atoms with Gasteiger partial charge in [-0.3, -0.25) is 9.59 Å². The topological polar surface area (TPSA) is 49.4 Å². The van der Waals surface area contributed by atoms with Crippen molar-refractivity contribution in [1.29, 1.82) is 0 Å². The van der Waals surface area contributed by atoms with Crippen molar-refractivity contribution in [2.24, 2.45) is 0 Å². The van der Waals surface area contributed by atoms with Crippen LogP contribution in [0.4, 0.5) is 5.69 Å². The minimum Gasteiger partial charge on any atom is -0.318 e. The molecule has 0 atom stereocenters. The predicted molar refractivity (Wildman–Crippen MR) is 62.1 cm³/mol. The first-order chi connectivity index (χ1) is 7.66. The molecule has 5 heteroatoms. The van der Waals surface area contributed by atoms with E-state index >= 15 is 0 Å². The molecule has 0 saturated carbocycles. The first kappa shape index (κ1) is 11.1. The number of Topliss-reactive ketones (excluding diaryl/α,β-unsaturated/α-hetero) is 1. The minimum absolute atomic E-state index is 0.324. The van der Waals surface area contributed by atoms with E-state index < -0.39 is 11.7 Å². The Morgan fingerprint density at radius 1 is 1.38 bits per heavy atom. The maximum Gasteiger partial charge on any atom is 0.299 e. The van der Waals surface area contributed by atoms with E-state index in [4.69, 9.17) is 11.6 Å². The maximum absolute atomic E-state index is 11.7. The zero-order valence-electron chi connectivity index (χ0n) is 8.79. The Kier molecular flexibility index (Phi) is 2.94. The molecule has 0 fully saturated rings. The largest absolute Gasteiger partial charge is 0.318 e. The van der Waals surface area contributed by atoms with Gasteiger partial charge in [0.25, 0.3) is 11.7 Å². The number of hydrogen-bond acceptors (Lipinski definition) is 3. The minimum atomic E-state index is -0.517. The second kappa shape index (κ2) is 4.23. The van der Waals surface area contributed by atoms with Crippen molar-refractivity contribution in [2.75, 3.05) is 25.0 Å². The van der Waals surface area contributed by atoms with Gasteiger partial charge in [-0.05, 0) is 19.2 Å². The molecule has 0 aliphatic carbocycles. The molecular weight excluding hydrogens is 228 g/mol. The SMILES string of the molecule is CNCCN1C(=O)C(=O)c2c(Cl)cccc21. The average molecular weight is 239 g/mol. The van der Waals surface area contributed by atoms with E-state index in [0.29, 0.717) is 29.4 Å². The normalized spacial score (nSPS) is 14.5. The second-order valence-electron chi connectivity index (χ2n) is 3.52. The quantitative estimate of drug-likeness (QED) is 0.802. The van der Waals surface area contributed by atoms with Crippen LogP contribution < -0.4 is 10.2 Å². The number of likely N-dealkylation sites (N-methyl/N-ethyl adjacent to an activating group) is 1. The lowest BCUT2D eigenvalue weighted by Crippen LogP contribution is -2.35. The molecular formula is C11H11ClN2O2. The van der Waals surface area contributed by atoms with Crippen LogP contribution in [0.5, 0.6) is 0 Å². The number of carbonyl (C=O) groups excluding carboxylic acids is 2. The van der Waals surface area contributed by atoms with Gasteiger partial charge in [0, 0.05) is 13.1 Å². The Hall–Kier alpha value is -1.39. The van der Waals surface area contributed by atoms with Gasteiger partial charge < -0.3 is 10.2 Å². The number of fused-ring (bicyclic) bond motifs is 1.